The Morgan fingerprint density at radius 1 is 1.31 bits per heavy atom. The van der Waals surface area contributed by atoms with E-state index >= 15 is 0 Å². The fraction of sp³-hybridized carbons (Fsp3) is 0.316. The topological polar surface area (TPSA) is 84.7 Å². The quantitative estimate of drug-likeness (QED) is 0.656. The molecule has 1 heterocycles. The summed E-state index contributed by atoms with van der Waals surface area (Å²) in [6, 6.07) is 11.8. The number of ether oxygens (including phenoxy) is 1. The molecule has 0 saturated carbocycles. The summed E-state index contributed by atoms with van der Waals surface area (Å²) in [6.07, 6.45) is 1.98. The summed E-state index contributed by atoms with van der Waals surface area (Å²) in [6.45, 7) is 2.62. The standard InChI is InChI=1S/C19H21N3O4/c1-13(21-11-5-7-14-6-3-4-8-17(14)21)19(23)20-16-12-15(22(24)25)9-10-18(16)26-2/h3-4,6,8-10,12-13H,5,7,11H2,1-2H3,(H,20,23)/t13-/m0/s1. The van der Waals surface area contributed by atoms with E-state index in [9.17, 15) is 14.9 Å². The van der Waals surface area contributed by atoms with Crippen molar-refractivity contribution in [2.45, 2.75) is 25.8 Å². The lowest BCUT2D eigenvalue weighted by atomic mass is 10.00. The number of fused-ring (bicyclic) bond motifs is 1. The fourth-order valence-corrected chi connectivity index (χ4v) is 3.25. The van der Waals surface area contributed by atoms with Gasteiger partial charge in [-0.2, -0.15) is 0 Å². The molecule has 0 spiro atoms. The van der Waals surface area contributed by atoms with E-state index in [1.807, 2.05) is 25.1 Å². The molecule has 2 aromatic carbocycles. The number of hydrogen-bond donors (Lipinski definition) is 1. The second kappa shape index (κ2) is 7.43. The van der Waals surface area contributed by atoms with E-state index in [2.05, 4.69) is 16.3 Å². The third-order valence-corrected chi connectivity index (χ3v) is 4.64. The molecule has 7 nitrogen and oxygen atoms in total. The van der Waals surface area contributed by atoms with E-state index in [1.165, 1.54) is 30.9 Å². The van der Waals surface area contributed by atoms with Crippen LogP contribution in [0.15, 0.2) is 42.5 Å². The van der Waals surface area contributed by atoms with Crippen molar-refractivity contribution in [1.82, 2.24) is 0 Å². The van der Waals surface area contributed by atoms with Crippen molar-refractivity contribution in [3.63, 3.8) is 0 Å². The molecule has 1 aliphatic rings. The van der Waals surface area contributed by atoms with Crippen LogP contribution in [0.2, 0.25) is 0 Å². The highest BCUT2D eigenvalue weighted by molar-refractivity contribution is 5.98. The number of methoxy groups -OCH3 is 1. The Morgan fingerprint density at radius 2 is 2.08 bits per heavy atom. The molecule has 1 aliphatic heterocycles. The van der Waals surface area contributed by atoms with Gasteiger partial charge in [0.1, 0.15) is 11.8 Å². The molecule has 1 atom stereocenters. The van der Waals surface area contributed by atoms with Crippen LogP contribution < -0.4 is 15.0 Å². The van der Waals surface area contributed by atoms with Crippen molar-refractivity contribution in [3.05, 3.63) is 58.1 Å². The number of carbonyl (C=O) groups is 1. The van der Waals surface area contributed by atoms with Crippen molar-refractivity contribution in [2.24, 2.45) is 0 Å². The minimum absolute atomic E-state index is 0.0999. The van der Waals surface area contributed by atoms with Gasteiger partial charge < -0.3 is 15.0 Å². The van der Waals surface area contributed by atoms with Crippen LogP contribution in [0.4, 0.5) is 17.1 Å². The van der Waals surface area contributed by atoms with Gasteiger partial charge in [-0.05, 0) is 37.5 Å². The number of nitro groups is 1. The molecule has 136 valence electrons. The average molecular weight is 355 g/mol. The van der Waals surface area contributed by atoms with Crippen LogP contribution in [0.3, 0.4) is 0 Å². The lowest BCUT2D eigenvalue weighted by Crippen LogP contribution is -2.44. The summed E-state index contributed by atoms with van der Waals surface area (Å²) in [5.41, 5.74) is 2.49. The zero-order valence-corrected chi connectivity index (χ0v) is 14.8. The molecule has 0 aromatic heterocycles. The smallest absolute Gasteiger partial charge is 0.271 e. The van der Waals surface area contributed by atoms with Gasteiger partial charge in [0, 0.05) is 24.4 Å². The van der Waals surface area contributed by atoms with Gasteiger partial charge in [0.05, 0.1) is 17.7 Å². The van der Waals surface area contributed by atoms with Crippen LogP contribution in [0.5, 0.6) is 5.75 Å². The summed E-state index contributed by atoms with van der Waals surface area (Å²) in [7, 11) is 1.46. The van der Waals surface area contributed by atoms with Crippen molar-refractivity contribution >= 4 is 23.0 Å². The van der Waals surface area contributed by atoms with Gasteiger partial charge in [-0.15, -0.1) is 0 Å². The van der Waals surface area contributed by atoms with Gasteiger partial charge in [0.15, 0.2) is 0 Å². The molecule has 2 aromatic rings. The number of non-ortho nitro benzene ring substituents is 1. The average Bonchev–Trinajstić information content (AvgIpc) is 2.66. The van der Waals surface area contributed by atoms with Gasteiger partial charge in [0.2, 0.25) is 5.91 Å². The molecular weight excluding hydrogens is 334 g/mol. The molecule has 1 amide bonds. The van der Waals surface area contributed by atoms with Crippen molar-refractivity contribution in [1.29, 1.82) is 0 Å². The second-order valence-electron chi connectivity index (χ2n) is 6.23. The number of rotatable bonds is 5. The molecule has 0 saturated heterocycles. The summed E-state index contributed by atoms with van der Waals surface area (Å²) in [5.74, 6) is 0.149. The van der Waals surface area contributed by atoms with Gasteiger partial charge in [0.25, 0.3) is 5.69 Å². The zero-order valence-electron chi connectivity index (χ0n) is 14.8. The van der Waals surface area contributed by atoms with Gasteiger partial charge >= 0.3 is 0 Å². The summed E-state index contributed by atoms with van der Waals surface area (Å²) < 4.78 is 5.21. The third kappa shape index (κ3) is 3.46. The molecule has 3 rings (SSSR count). The van der Waals surface area contributed by atoms with Crippen molar-refractivity contribution in [3.8, 4) is 5.75 Å². The highest BCUT2D eigenvalue weighted by atomic mass is 16.6. The molecule has 26 heavy (non-hydrogen) atoms. The molecular formula is C19H21N3O4. The number of nitro benzene ring substituents is 1. The minimum Gasteiger partial charge on any atom is -0.495 e. The summed E-state index contributed by atoms with van der Waals surface area (Å²) in [5, 5.41) is 13.8. The van der Waals surface area contributed by atoms with Crippen LogP contribution in [-0.2, 0) is 11.2 Å². The first kappa shape index (κ1) is 17.7. The third-order valence-electron chi connectivity index (χ3n) is 4.64. The highest BCUT2D eigenvalue weighted by Gasteiger charge is 2.26. The molecule has 0 aliphatic carbocycles. The maximum atomic E-state index is 12.8. The number of para-hydroxylation sites is 1. The number of carbonyl (C=O) groups excluding carboxylic acids is 1. The van der Waals surface area contributed by atoms with Gasteiger partial charge in [-0.25, -0.2) is 0 Å². The molecule has 1 N–H and O–H groups in total. The number of nitrogens with one attached hydrogen (secondary N) is 1. The maximum Gasteiger partial charge on any atom is 0.271 e. The number of aryl methyl sites for hydroxylation is 1. The Bertz CT molecular complexity index is 837. The first-order valence-electron chi connectivity index (χ1n) is 8.49. The van der Waals surface area contributed by atoms with E-state index in [0.717, 1.165) is 25.1 Å². The Morgan fingerprint density at radius 3 is 2.81 bits per heavy atom. The predicted molar refractivity (Wildman–Crippen MR) is 99.8 cm³/mol. The van der Waals surface area contributed by atoms with Crippen LogP contribution in [0.25, 0.3) is 0 Å². The molecule has 7 heteroatoms. The zero-order chi connectivity index (χ0) is 18.7. The van der Waals surface area contributed by atoms with Crippen molar-refractivity contribution in [2.75, 3.05) is 23.9 Å². The summed E-state index contributed by atoms with van der Waals surface area (Å²) >= 11 is 0. The maximum absolute atomic E-state index is 12.8. The Balaban J connectivity index is 1.83. The first-order valence-corrected chi connectivity index (χ1v) is 8.49. The van der Waals surface area contributed by atoms with Crippen LogP contribution in [-0.4, -0.2) is 30.5 Å². The molecule has 0 fully saturated rings. The number of amides is 1. The van der Waals surface area contributed by atoms with Gasteiger partial charge in [-0.3, -0.25) is 14.9 Å². The van der Waals surface area contributed by atoms with Crippen LogP contribution in [0.1, 0.15) is 18.9 Å². The van der Waals surface area contributed by atoms with Crippen LogP contribution >= 0.6 is 0 Å². The SMILES string of the molecule is COc1ccc([N+](=O)[O-])cc1NC(=O)[C@H](C)N1CCCc2ccccc21. The minimum atomic E-state index is -0.501. The number of nitrogens with zero attached hydrogens (tertiary/aromatic N) is 2. The highest BCUT2D eigenvalue weighted by Crippen LogP contribution is 2.31. The summed E-state index contributed by atoms with van der Waals surface area (Å²) in [4.78, 5) is 25.4. The van der Waals surface area contributed by atoms with E-state index in [1.54, 1.807) is 0 Å². The predicted octanol–water partition coefficient (Wildman–Crippen LogP) is 3.38. The van der Waals surface area contributed by atoms with Gasteiger partial charge in [-0.1, -0.05) is 18.2 Å². The Kier molecular flexibility index (Phi) is 5.06. The normalized spacial score (nSPS) is 14.3. The molecule has 0 radical (unpaired) electrons. The number of hydrogen-bond acceptors (Lipinski definition) is 5. The molecule has 0 bridgehead atoms. The number of benzene rings is 2. The Hall–Kier alpha value is -3.09. The lowest BCUT2D eigenvalue weighted by molar-refractivity contribution is -0.384. The monoisotopic (exact) mass is 355 g/mol. The van der Waals surface area contributed by atoms with Crippen LogP contribution in [0, 0.1) is 10.1 Å². The van der Waals surface area contributed by atoms with E-state index in [-0.39, 0.29) is 11.6 Å². The largest absolute Gasteiger partial charge is 0.495 e. The molecule has 0 unspecified atom stereocenters. The Labute approximate surface area is 151 Å². The van der Waals surface area contributed by atoms with Crippen molar-refractivity contribution < 1.29 is 14.5 Å². The lowest BCUT2D eigenvalue weighted by Gasteiger charge is -2.35. The van der Waals surface area contributed by atoms with E-state index in [0.29, 0.717) is 11.4 Å². The second-order valence-corrected chi connectivity index (χ2v) is 6.23. The number of anilines is 2. The first-order chi connectivity index (χ1) is 12.5. The van der Waals surface area contributed by atoms with E-state index < -0.39 is 11.0 Å². The van der Waals surface area contributed by atoms with E-state index in [4.69, 9.17) is 4.74 Å². The fourth-order valence-electron chi connectivity index (χ4n) is 3.25.